The van der Waals surface area contributed by atoms with E-state index in [1.54, 1.807) is 25.2 Å². The molecule has 0 fully saturated rings. The summed E-state index contributed by atoms with van der Waals surface area (Å²) in [4.78, 5) is 30.0. The van der Waals surface area contributed by atoms with Crippen LogP contribution in [0.25, 0.3) is 11.1 Å². The van der Waals surface area contributed by atoms with Gasteiger partial charge in [0.05, 0.1) is 28.0 Å². The van der Waals surface area contributed by atoms with E-state index in [0.717, 1.165) is 5.52 Å². The van der Waals surface area contributed by atoms with Gasteiger partial charge < -0.3 is 14.6 Å². The van der Waals surface area contributed by atoms with Crippen molar-refractivity contribution >= 4 is 63.6 Å². The van der Waals surface area contributed by atoms with Crippen LogP contribution in [0.1, 0.15) is 0 Å². The quantitative estimate of drug-likeness (QED) is 0.597. The fourth-order valence-corrected chi connectivity index (χ4v) is 3.52. The van der Waals surface area contributed by atoms with E-state index in [0.29, 0.717) is 26.5 Å². The summed E-state index contributed by atoms with van der Waals surface area (Å²) in [7, 11) is 1.54. The Hall–Kier alpha value is -2.22. The van der Waals surface area contributed by atoms with E-state index in [9.17, 15) is 9.59 Å². The first kappa shape index (κ1) is 19.5. The molecule has 0 saturated carbocycles. The van der Waals surface area contributed by atoms with E-state index in [4.69, 9.17) is 27.6 Å². The molecule has 0 saturated heterocycles. The van der Waals surface area contributed by atoms with Gasteiger partial charge in [-0.15, -0.1) is 0 Å². The lowest BCUT2D eigenvalue weighted by molar-refractivity contribution is -0.131. The SMILES string of the molecule is CN(CC(=O)Nc1c(Cl)cccc1Cl)C(=O)CSc1nc2ccccc2o1. The number of para-hydroxylation sites is 3. The van der Waals surface area contributed by atoms with Crippen molar-refractivity contribution in [2.45, 2.75) is 5.22 Å². The van der Waals surface area contributed by atoms with Crippen LogP contribution in [0.2, 0.25) is 10.0 Å². The number of carbonyl (C=O) groups is 2. The van der Waals surface area contributed by atoms with Crippen LogP contribution in [0.15, 0.2) is 52.1 Å². The Morgan fingerprint density at radius 1 is 1.15 bits per heavy atom. The summed E-state index contributed by atoms with van der Waals surface area (Å²) in [5, 5.41) is 3.69. The standard InChI is InChI=1S/C18H15Cl2N3O3S/c1-23(9-15(24)22-17-11(19)5-4-6-12(17)20)16(25)10-27-18-21-13-7-2-3-8-14(13)26-18/h2-8H,9-10H2,1H3,(H,22,24). The van der Waals surface area contributed by atoms with Crippen LogP contribution in [-0.2, 0) is 9.59 Å². The molecule has 0 radical (unpaired) electrons. The second-order valence-electron chi connectivity index (χ2n) is 5.63. The van der Waals surface area contributed by atoms with Crippen molar-refractivity contribution in [3.63, 3.8) is 0 Å². The van der Waals surface area contributed by atoms with Crippen LogP contribution < -0.4 is 5.32 Å². The van der Waals surface area contributed by atoms with Gasteiger partial charge in [-0.25, -0.2) is 4.98 Å². The second kappa shape index (κ2) is 8.65. The molecule has 0 atom stereocenters. The maximum atomic E-state index is 12.3. The Labute approximate surface area is 169 Å². The molecule has 2 amide bonds. The fraction of sp³-hybridized carbons (Fsp3) is 0.167. The number of halogens is 2. The number of nitrogens with one attached hydrogen (secondary N) is 1. The number of anilines is 1. The molecule has 0 aliphatic rings. The van der Waals surface area contributed by atoms with Gasteiger partial charge in [-0.3, -0.25) is 9.59 Å². The lowest BCUT2D eigenvalue weighted by Crippen LogP contribution is -2.36. The number of rotatable bonds is 6. The Kier molecular flexibility index (Phi) is 6.26. The zero-order chi connectivity index (χ0) is 19.4. The monoisotopic (exact) mass is 423 g/mol. The average molecular weight is 424 g/mol. The summed E-state index contributed by atoms with van der Waals surface area (Å²) < 4.78 is 5.56. The Morgan fingerprint density at radius 2 is 1.85 bits per heavy atom. The first-order chi connectivity index (χ1) is 12.9. The van der Waals surface area contributed by atoms with Gasteiger partial charge in [0.1, 0.15) is 5.52 Å². The molecule has 6 nitrogen and oxygen atoms in total. The number of carbonyl (C=O) groups excluding carboxylic acids is 2. The van der Waals surface area contributed by atoms with Crippen LogP contribution in [-0.4, -0.2) is 41.0 Å². The highest BCUT2D eigenvalue weighted by Gasteiger charge is 2.17. The molecule has 3 rings (SSSR count). The molecule has 3 aromatic rings. The number of nitrogens with zero attached hydrogens (tertiary/aromatic N) is 2. The molecule has 2 aromatic carbocycles. The normalized spacial score (nSPS) is 10.8. The average Bonchev–Trinajstić information content (AvgIpc) is 3.05. The molecule has 1 N–H and O–H groups in total. The number of hydrogen-bond acceptors (Lipinski definition) is 5. The summed E-state index contributed by atoms with van der Waals surface area (Å²) in [5.41, 5.74) is 1.72. The van der Waals surface area contributed by atoms with Crippen molar-refractivity contribution < 1.29 is 14.0 Å². The second-order valence-corrected chi connectivity index (χ2v) is 7.37. The first-order valence-electron chi connectivity index (χ1n) is 7.90. The number of oxazole rings is 1. The summed E-state index contributed by atoms with van der Waals surface area (Å²) in [5.74, 6) is -0.529. The third-order valence-electron chi connectivity index (χ3n) is 3.63. The zero-order valence-corrected chi connectivity index (χ0v) is 16.6. The van der Waals surface area contributed by atoms with Crippen molar-refractivity contribution in [2.75, 3.05) is 24.7 Å². The lowest BCUT2D eigenvalue weighted by atomic mass is 10.3. The van der Waals surface area contributed by atoms with Gasteiger partial charge in [0, 0.05) is 7.05 Å². The summed E-state index contributed by atoms with van der Waals surface area (Å²) in [6.07, 6.45) is 0. The third-order valence-corrected chi connectivity index (χ3v) is 5.07. The van der Waals surface area contributed by atoms with Crippen molar-refractivity contribution in [3.05, 3.63) is 52.5 Å². The number of fused-ring (bicyclic) bond motifs is 1. The van der Waals surface area contributed by atoms with Gasteiger partial charge in [-0.2, -0.15) is 0 Å². The zero-order valence-electron chi connectivity index (χ0n) is 14.2. The smallest absolute Gasteiger partial charge is 0.257 e. The van der Waals surface area contributed by atoms with Crippen molar-refractivity contribution in [2.24, 2.45) is 0 Å². The molecular weight excluding hydrogens is 409 g/mol. The molecule has 0 aliphatic carbocycles. The van der Waals surface area contributed by atoms with Gasteiger partial charge in [-0.1, -0.05) is 53.2 Å². The molecule has 0 spiro atoms. The summed E-state index contributed by atoms with van der Waals surface area (Å²) >= 11 is 13.2. The minimum atomic E-state index is -0.396. The van der Waals surface area contributed by atoms with E-state index in [1.165, 1.54) is 16.7 Å². The number of thioether (sulfide) groups is 1. The fourth-order valence-electron chi connectivity index (χ4n) is 2.25. The maximum absolute atomic E-state index is 12.3. The predicted octanol–water partition coefficient (Wildman–Crippen LogP) is 4.32. The highest BCUT2D eigenvalue weighted by molar-refractivity contribution is 7.99. The summed E-state index contributed by atoms with van der Waals surface area (Å²) in [6.45, 7) is -0.130. The van der Waals surface area contributed by atoms with E-state index < -0.39 is 5.91 Å². The molecule has 0 unspecified atom stereocenters. The molecule has 1 aromatic heterocycles. The minimum Gasteiger partial charge on any atom is -0.431 e. The van der Waals surface area contributed by atoms with E-state index in [2.05, 4.69) is 10.3 Å². The molecule has 140 valence electrons. The first-order valence-corrected chi connectivity index (χ1v) is 9.64. The van der Waals surface area contributed by atoms with Crippen LogP contribution in [0, 0.1) is 0 Å². The van der Waals surface area contributed by atoms with Gasteiger partial charge >= 0.3 is 0 Å². The largest absolute Gasteiger partial charge is 0.431 e. The number of aromatic nitrogens is 1. The predicted molar refractivity (Wildman–Crippen MR) is 107 cm³/mol. The van der Waals surface area contributed by atoms with Crippen molar-refractivity contribution in [1.29, 1.82) is 0 Å². The Balaban J connectivity index is 1.53. The van der Waals surface area contributed by atoms with Gasteiger partial charge in [0.2, 0.25) is 11.8 Å². The highest BCUT2D eigenvalue weighted by atomic mass is 35.5. The molecule has 0 aliphatic heterocycles. The van der Waals surface area contributed by atoms with E-state index in [-0.39, 0.29) is 18.2 Å². The topological polar surface area (TPSA) is 75.4 Å². The highest BCUT2D eigenvalue weighted by Crippen LogP contribution is 2.29. The molecule has 27 heavy (non-hydrogen) atoms. The van der Waals surface area contributed by atoms with Crippen LogP contribution in [0.5, 0.6) is 0 Å². The van der Waals surface area contributed by atoms with Crippen molar-refractivity contribution in [1.82, 2.24) is 9.88 Å². The number of benzene rings is 2. The minimum absolute atomic E-state index is 0.101. The Morgan fingerprint density at radius 3 is 2.56 bits per heavy atom. The van der Waals surface area contributed by atoms with E-state index >= 15 is 0 Å². The molecule has 1 heterocycles. The van der Waals surface area contributed by atoms with Crippen LogP contribution >= 0.6 is 35.0 Å². The third kappa shape index (κ3) is 4.94. The number of likely N-dealkylation sites (N-methyl/N-ethyl adjacent to an activating group) is 1. The summed E-state index contributed by atoms with van der Waals surface area (Å²) in [6, 6.07) is 12.3. The van der Waals surface area contributed by atoms with E-state index in [1.807, 2.05) is 24.3 Å². The van der Waals surface area contributed by atoms with Gasteiger partial charge in [-0.05, 0) is 24.3 Å². The molecule has 0 bridgehead atoms. The molecular formula is C18H15Cl2N3O3S. The number of hydrogen-bond donors (Lipinski definition) is 1. The lowest BCUT2D eigenvalue weighted by Gasteiger charge is -2.17. The van der Waals surface area contributed by atoms with Crippen LogP contribution in [0.4, 0.5) is 5.69 Å². The Bertz CT molecular complexity index is 940. The van der Waals surface area contributed by atoms with Crippen LogP contribution in [0.3, 0.4) is 0 Å². The molecule has 9 heteroatoms. The maximum Gasteiger partial charge on any atom is 0.257 e. The van der Waals surface area contributed by atoms with Gasteiger partial charge in [0.15, 0.2) is 5.58 Å². The van der Waals surface area contributed by atoms with Gasteiger partial charge in [0.25, 0.3) is 5.22 Å². The van der Waals surface area contributed by atoms with Crippen molar-refractivity contribution in [3.8, 4) is 0 Å². The number of amides is 2.